The summed E-state index contributed by atoms with van der Waals surface area (Å²) < 4.78 is 32.1. The molecule has 0 bridgehead atoms. The Morgan fingerprint density at radius 3 is 2.43 bits per heavy atom. The highest BCUT2D eigenvalue weighted by atomic mass is 32.2. The first-order valence-corrected chi connectivity index (χ1v) is 5.69. The molecule has 0 unspecified atom stereocenters. The predicted octanol–water partition coefficient (Wildman–Crippen LogP) is -0.662. The van der Waals surface area contributed by atoms with Crippen LogP contribution in [-0.4, -0.2) is 25.3 Å². The van der Waals surface area contributed by atoms with Gasteiger partial charge in [-0.25, -0.2) is 8.42 Å². The maximum absolute atomic E-state index is 10.2. The second kappa shape index (κ2) is 4.92. The second-order valence-electron chi connectivity index (χ2n) is 2.68. The zero-order chi connectivity index (χ0) is 10.4. The van der Waals surface area contributed by atoms with Crippen LogP contribution in [0.2, 0.25) is 0 Å². The van der Waals surface area contributed by atoms with Crippen molar-refractivity contribution in [3.63, 3.8) is 0 Å². The highest BCUT2D eigenvalue weighted by Crippen LogP contribution is 1.86. The molecule has 0 aliphatic heterocycles. The molecule has 1 aromatic rings. The molecule has 78 valence electrons. The van der Waals surface area contributed by atoms with Gasteiger partial charge in [0.2, 0.25) is 12.4 Å². The van der Waals surface area contributed by atoms with Crippen molar-refractivity contribution in [3.8, 4) is 0 Å². The molecule has 0 saturated carbocycles. The fourth-order valence-corrected chi connectivity index (χ4v) is 1.35. The van der Waals surface area contributed by atoms with Crippen LogP contribution in [-0.2, 0) is 10.1 Å². The van der Waals surface area contributed by atoms with Crippen molar-refractivity contribution in [3.05, 3.63) is 30.6 Å². The highest BCUT2D eigenvalue weighted by Gasteiger charge is 2.00. The Bertz CT molecular complexity index is 362. The molecule has 0 spiro atoms. The molecule has 1 rings (SSSR count). The maximum Gasteiger partial charge on any atom is 0.222 e. The molecule has 1 aromatic heterocycles. The molecule has 1 heterocycles. The first-order valence-electron chi connectivity index (χ1n) is 4.11. The average Bonchev–Trinajstić information content (AvgIpc) is 2.13. The third-order valence-electron chi connectivity index (χ3n) is 1.47. The Labute approximate surface area is 82.7 Å². The second-order valence-corrected chi connectivity index (χ2v) is 4.21. The monoisotopic (exact) mass is 217 g/mol. The molecule has 14 heavy (non-hydrogen) atoms. The summed E-state index contributed by atoms with van der Waals surface area (Å²) in [6.07, 6.45) is 3.57. The molecule has 5 nitrogen and oxygen atoms in total. The van der Waals surface area contributed by atoms with Gasteiger partial charge in [-0.1, -0.05) is 6.07 Å². The summed E-state index contributed by atoms with van der Waals surface area (Å²) in [5, 5.41) is 0. The van der Waals surface area contributed by atoms with Gasteiger partial charge in [0.05, 0.1) is 10.1 Å². The number of rotatable bonds is 5. The zero-order valence-corrected chi connectivity index (χ0v) is 8.31. The normalized spacial score (nSPS) is 11.2. The van der Waals surface area contributed by atoms with E-state index in [4.69, 9.17) is 4.84 Å². The molecule has 0 radical (unpaired) electrons. The van der Waals surface area contributed by atoms with Crippen LogP contribution in [0, 0.1) is 0 Å². The van der Waals surface area contributed by atoms with E-state index in [-0.39, 0.29) is 18.8 Å². The molecule has 0 N–H and O–H groups in total. The Hall–Kier alpha value is -1.14. The Balaban J connectivity index is 2.23. The molecule has 0 atom stereocenters. The van der Waals surface area contributed by atoms with Gasteiger partial charge in [0.25, 0.3) is 0 Å². The summed E-state index contributed by atoms with van der Waals surface area (Å²) in [5.74, 6) is -0.388. The predicted molar refractivity (Wildman–Crippen MR) is 47.3 cm³/mol. The van der Waals surface area contributed by atoms with E-state index in [9.17, 15) is 13.0 Å². The first-order chi connectivity index (χ1) is 6.58. The molecule has 0 aliphatic rings. The van der Waals surface area contributed by atoms with Gasteiger partial charge in [0, 0.05) is 29.0 Å². The molecule has 0 aromatic carbocycles. The minimum atomic E-state index is -4.12. The highest BCUT2D eigenvalue weighted by molar-refractivity contribution is 7.85. The van der Waals surface area contributed by atoms with Gasteiger partial charge >= 0.3 is 0 Å². The van der Waals surface area contributed by atoms with Crippen molar-refractivity contribution in [2.45, 2.75) is 6.42 Å². The van der Waals surface area contributed by atoms with Gasteiger partial charge in [0.1, 0.15) is 0 Å². The topological polar surface area (TPSA) is 70.3 Å². The van der Waals surface area contributed by atoms with Crippen molar-refractivity contribution in [2.24, 2.45) is 0 Å². The number of aromatic nitrogens is 1. The van der Waals surface area contributed by atoms with Gasteiger partial charge in [-0.05, 0) is 0 Å². The van der Waals surface area contributed by atoms with Crippen LogP contribution in [0.5, 0.6) is 0 Å². The standard InChI is InChI=1S/C8H11NO4S/c10-14(11,12)8-4-7-13-9-5-2-1-3-6-9/h1-3,5-6H,4,7-8H2. The Morgan fingerprint density at radius 2 is 1.86 bits per heavy atom. The third-order valence-corrected chi connectivity index (χ3v) is 2.26. The SMILES string of the molecule is O=S(=O)([O-])CCCO[n+]1ccccc1. The average molecular weight is 217 g/mol. The first kappa shape index (κ1) is 10.9. The Kier molecular flexibility index (Phi) is 3.84. The lowest BCUT2D eigenvalue weighted by molar-refractivity contribution is -0.891. The van der Waals surface area contributed by atoms with Crippen molar-refractivity contribution >= 4 is 10.1 Å². The molecule has 0 amide bonds. The number of pyridine rings is 1. The van der Waals surface area contributed by atoms with E-state index in [1.807, 2.05) is 6.07 Å². The number of hydrogen-bond donors (Lipinski definition) is 0. The molecule has 0 fully saturated rings. The molecule has 0 saturated heterocycles. The largest absolute Gasteiger partial charge is 0.748 e. The van der Waals surface area contributed by atoms with E-state index in [1.165, 1.54) is 4.73 Å². The molecule has 6 heteroatoms. The number of nitrogens with zero attached hydrogens (tertiary/aromatic N) is 1. The van der Waals surface area contributed by atoms with Crippen LogP contribution in [0.25, 0.3) is 0 Å². The van der Waals surface area contributed by atoms with Crippen molar-refractivity contribution < 1.29 is 22.5 Å². The van der Waals surface area contributed by atoms with E-state index < -0.39 is 10.1 Å². The third kappa shape index (κ3) is 4.78. The van der Waals surface area contributed by atoms with Crippen LogP contribution in [0.1, 0.15) is 6.42 Å². The lowest BCUT2D eigenvalue weighted by atomic mass is 10.5. The quantitative estimate of drug-likeness (QED) is 0.373. The summed E-state index contributed by atoms with van der Waals surface area (Å²) >= 11 is 0. The van der Waals surface area contributed by atoms with E-state index in [1.54, 1.807) is 24.5 Å². The molecule has 0 aliphatic carbocycles. The minimum absolute atomic E-state index is 0.202. The summed E-state index contributed by atoms with van der Waals surface area (Å²) in [5.41, 5.74) is 0. The summed E-state index contributed by atoms with van der Waals surface area (Å²) in [6.45, 7) is 0.205. The fourth-order valence-electron chi connectivity index (χ4n) is 0.875. The van der Waals surface area contributed by atoms with Crippen LogP contribution >= 0.6 is 0 Å². The Morgan fingerprint density at radius 1 is 1.21 bits per heavy atom. The molecular weight excluding hydrogens is 206 g/mol. The van der Waals surface area contributed by atoms with Gasteiger partial charge < -0.3 is 4.55 Å². The lowest BCUT2D eigenvalue weighted by Crippen LogP contribution is -2.42. The summed E-state index contributed by atoms with van der Waals surface area (Å²) in [7, 11) is -4.12. The summed E-state index contributed by atoms with van der Waals surface area (Å²) in [4.78, 5) is 5.11. The van der Waals surface area contributed by atoms with Crippen LogP contribution in [0.4, 0.5) is 0 Å². The van der Waals surface area contributed by atoms with E-state index >= 15 is 0 Å². The van der Waals surface area contributed by atoms with Gasteiger partial charge in [-0.3, -0.25) is 4.84 Å². The minimum Gasteiger partial charge on any atom is -0.748 e. The summed E-state index contributed by atoms with van der Waals surface area (Å²) in [6, 6.07) is 5.40. The zero-order valence-electron chi connectivity index (χ0n) is 7.50. The smallest absolute Gasteiger partial charge is 0.222 e. The van der Waals surface area contributed by atoms with Gasteiger partial charge in [-0.2, -0.15) is 0 Å². The van der Waals surface area contributed by atoms with Crippen LogP contribution in [0.15, 0.2) is 30.6 Å². The van der Waals surface area contributed by atoms with E-state index in [0.717, 1.165) is 0 Å². The van der Waals surface area contributed by atoms with E-state index in [0.29, 0.717) is 0 Å². The molecular formula is C8H11NO4S. The lowest BCUT2D eigenvalue weighted by Gasteiger charge is -2.04. The van der Waals surface area contributed by atoms with Crippen LogP contribution in [0.3, 0.4) is 0 Å². The number of hydrogen-bond acceptors (Lipinski definition) is 4. The van der Waals surface area contributed by atoms with Crippen molar-refractivity contribution in [2.75, 3.05) is 12.4 Å². The van der Waals surface area contributed by atoms with Crippen molar-refractivity contribution in [1.82, 2.24) is 0 Å². The maximum atomic E-state index is 10.2. The van der Waals surface area contributed by atoms with Gasteiger partial charge in [-0.15, -0.1) is 0 Å². The van der Waals surface area contributed by atoms with Crippen molar-refractivity contribution in [1.29, 1.82) is 0 Å². The fraction of sp³-hybridized carbons (Fsp3) is 0.375. The van der Waals surface area contributed by atoms with Crippen LogP contribution < -0.4 is 9.57 Å². The van der Waals surface area contributed by atoms with E-state index in [2.05, 4.69) is 0 Å². The van der Waals surface area contributed by atoms with Gasteiger partial charge in [0.15, 0.2) is 6.61 Å².